The fourth-order valence-electron chi connectivity index (χ4n) is 3.60. The van der Waals surface area contributed by atoms with Crippen LogP contribution in [0.5, 0.6) is 0 Å². The summed E-state index contributed by atoms with van der Waals surface area (Å²) in [6.07, 6.45) is 3.00. The number of H-pyrrole nitrogens is 1. The molecule has 170 valence electrons. The average molecular weight is 450 g/mol. The summed E-state index contributed by atoms with van der Waals surface area (Å²) in [4.78, 5) is 4.17. The van der Waals surface area contributed by atoms with Gasteiger partial charge in [0.2, 0.25) is 5.82 Å². The predicted molar refractivity (Wildman–Crippen MR) is 121 cm³/mol. The van der Waals surface area contributed by atoms with Gasteiger partial charge in [-0.1, -0.05) is 55.5 Å². The molecule has 0 amide bonds. The van der Waals surface area contributed by atoms with Crippen molar-refractivity contribution in [1.82, 2.24) is 35.4 Å². The minimum absolute atomic E-state index is 0.268. The number of aromatic amines is 1. The van der Waals surface area contributed by atoms with Gasteiger partial charge in [0.15, 0.2) is 5.82 Å². The summed E-state index contributed by atoms with van der Waals surface area (Å²) in [5, 5.41) is 18.1. The monoisotopic (exact) mass is 449 g/mol. The van der Waals surface area contributed by atoms with Gasteiger partial charge < -0.3 is 0 Å². The van der Waals surface area contributed by atoms with Crippen molar-refractivity contribution in [3.05, 3.63) is 78.4 Å². The van der Waals surface area contributed by atoms with Crippen LogP contribution in [0, 0.1) is 0 Å². The minimum atomic E-state index is -3.03. The highest BCUT2D eigenvalue weighted by atomic mass is 19.3. The predicted octanol–water partition coefficient (Wildman–Crippen LogP) is 5.18. The third-order valence-electron chi connectivity index (χ3n) is 5.31. The van der Waals surface area contributed by atoms with E-state index in [1.54, 1.807) is 17.7 Å². The Hall–Kier alpha value is -3.75. The van der Waals surface area contributed by atoms with Crippen molar-refractivity contribution in [1.29, 1.82) is 0 Å². The maximum Gasteiger partial charge on any atom is 0.308 e. The number of halogens is 2. The van der Waals surface area contributed by atoms with Gasteiger partial charge in [0.05, 0.1) is 6.54 Å². The number of rotatable bonds is 10. The summed E-state index contributed by atoms with van der Waals surface area (Å²) >= 11 is 0. The van der Waals surface area contributed by atoms with Gasteiger partial charge in [-0.25, -0.2) is 14.8 Å². The first-order chi connectivity index (χ1) is 16.0. The van der Waals surface area contributed by atoms with E-state index < -0.39 is 11.7 Å². The molecule has 0 saturated carbocycles. The first kappa shape index (κ1) is 22.4. The van der Waals surface area contributed by atoms with Gasteiger partial charge in [0.1, 0.15) is 5.82 Å². The van der Waals surface area contributed by atoms with Gasteiger partial charge in [-0.3, -0.25) is 0 Å². The second kappa shape index (κ2) is 9.81. The van der Waals surface area contributed by atoms with E-state index in [9.17, 15) is 8.78 Å². The van der Waals surface area contributed by atoms with Crippen molar-refractivity contribution in [3.63, 3.8) is 0 Å². The molecule has 0 spiro atoms. The Morgan fingerprint density at radius 2 is 1.88 bits per heavy atom. The lowest BCUT2D eigenvalue weighted by atomic mass is 10.0. The Morgan fingerprint density at radius 1 is 1.09 bits per heavy atom. The van der Waals surface area contributed by atoms with Crippen LogP contribution < -0.4 is 0 Å². The van der Waals surface area contributed by atoms with Gasteiger partial charge in [0, 0.05) is 18.4 Å². The minimum Gasteiger partial charge on any atom is -0.245 e. The number of tetrazole rings is 1. The number of alkyl halides is 2. The van der Waals surface area contributed by atoms with Gasteiger partial charge in [-0.2, -0.15) is 8.78 Å². The normalized spacial score (nSPS) is 11.6. The van der Waals surface area contributed by atoms with Crippen LogP contribution in [-0.2, 0) is 18.9 Å². The van der Waals surface area contributed by atoms with Crippen molar-refractivity contribution < 1.29 is 8.78 Å². The zero-order chi connectivity index (χ0) is 23.3. The van der Waals surface area contributed by atoms with Crippen LogP contribution in [0.3, 0.4) is 0 Å². The number of aromatic nitrogens is 7. The van der Waals surface area contributed by atoms with Crippen molar-refractivity contribution in [2.24, 2.45) is 0 Å². The molecule has 4 rings (SSSR count). The average Bonchev–Trinajstić information content (AvgIpc) is 3.49. The molecule has 0 fully saturated rings. The molecule has 0 saturated heterocycles. The molecule has 0 aliphatic heterocycles. The molecule has 2 aromatic heterocycles. The van der Waals surface area contributed by atoms with E-state index in [0.29, 0.717) is 37.5 Å². The van der Waals surface area contributed by atoms with E-state index in [1.165, 1.54) is 0 Å². The van der Waals surface area contributed by atoms with Crippen molar-refractivity contribution >= 4 is 0 Å². The van der Waals surface area contributed by atoms with Crippen LogP contribution in [0.4, 0.5) is 8.78 Å². The zero-order valence-electron chi connectivity index (χ0n) is 18.4. The number of benzene rings is 2. The molecule has 33 heavy (non-hydrogen) atoms. The van der Waals surface area contributed by atoms with Gasteiger partial charge in [-0.15, -0.1) is 16.8 Å². The molecule has 9 heteroatoms. The Kier molecular flexibility index (Phi) is 6.67. The van der Waals surface area contributed by atoms with E-state index in [1.807, 2.05) is 48.5 Å². The molecular weight excluding hydrogens is 424 g/mol. The Balaban J connectivity index is 1.56. The molecule has 0 aliphatic rings. The number of nitrogens with one attached hydrogen (secondary N) is 1. The topological polar surface area (TPSA) is 85.2 Å². The quantitative estimate of drug-likeness (QED) is 0.337. The number of hydrogen-bond acceptors (Lipinski definition) is 5. The van der Waals surface area contributed by atoms with Crippen LogP contribution in [0.1, 0.15) is 43.4 Å². The Labute approximate surface area is 190 Å². The van der Waals surface area contributed by atoms with Crippen LogP contribution in [-0.4, -0.2) is 35.4 Å². The highest BCUT2D eigenvalue weighted by Gasteiger charge is 2.36. The molecule has 0 bridgehead atoms. The highest BCUT2D eigenvalue weighted by molar-refractivity contribution is 5.70. The SMILES string of the molecule is C=CCCc1nc(C(F)(F)CCC)nn1Cc1ccc(-c2cccc(-c3nnn[nH]3)c2)cc1. The number of allylic oxidation sites excluding steroid dienone is 1. The summed E-state index contributed by atoms with van der Waals surface area (Å²) in [5.41, 5.74) is 3.87. The maximum absolute atomic E-state index is 14.4. The molecular formula is C24H25F2N7. The fraction of sp³-hybridized carbons (Fsp3) is 0.292. The third kappa shape index (κ3) is 5.19. The van der Waals surface area contributed by atoms with E-state index in [0.717, 1.165) is 22.3 Å². The number of nitrogens with zero attached hydrogens (tertiary/aromatic N) is 6. The van der Waals surface area contributed by atoms with Crippen molar-refractivity contribution in [3.8, 4) is 22.5 Å². The first-order valence-electron chi connectivity index (χ1n) is 10.9. The second-order valence-electron chi connectivity index (χ2n) is 7.82. The van der Waals surface area contributed by atoms with E-state index >= 15 is 0 Å². The van der Waals surface area contributed by atoms with Gasteiger partial charge >= 0.3 is 5.92 Å². The lowest BCUT2D eigenvalue weighted by Crippen LogP contribution is -2.15. The largest absolute Gasteiger partial charge is 0.308 e. The van der Waals surface area contributed by atoms with E-state index in [4.69, 9.17) is 0 Å². The van der Waals surface area contributed by atoms with Crippen molar-refractivity contribution in [2.45, 2.75) is 45.1 Å². The van der Waals surface area contributed by atoms with Crippen LogP contribution in [0.2, 0.25) is 0 Å². The van der Waals surface area contributed by atoms with Crippen molar-refractivity contribution in [2.75, 3.05) is 0 Å². The molecule has 2 heterocycles. The summed E-state index contributed by atoms with van der Waals surface area (Å²) in [6.45, 7) is 5.81. The van der Waals surface area contributed by atoms with Crippen LogP contribution in [0.25, 0.3) is 22.5 Å². The molecule has 0 aliphatic carbocycles. The Bertz CT molecular complexity index is 1200. The van der Waals surface area contributed by atoms with E-state index in [2.05, 4.69) is 37.3 Å². The number of hydrogen-bond donors (Lipinski definition) is 1. The summed E-state index contributed by atoms with van der Waals surface area (Å²) in [5.74, 6) is -2.30. The fourth-order valence-corrected chi connectivity index (χ4v) is 3.60. The molecule has 0 radical (unpaired) electrons. The molecule has 2 aromatic carbocycles. The van der Waals surface area contributed by atoms with Gasteiger partial charge in [0.25, 0.3) is 0 Å². The van der Waals surface area contributed by atoms with Crippen LogP contribution in [0.15, 0.2) is 61.2 Å². The lowest BCUT2D eigenvalue weighted by Gasteiger charge is -2.10. The second-order valence-corrected chi connectivity index (χ2v) is 7.82. The summed E-state index contributed by atoms with van der Waals surface area (Å²) in [6, 6.07) is 15.8. The molecule has 0 unspecified atom stereocenters. The highest BCUT2D eigenvalue weighted by Crippen LogP contribution is 2.31. The van der Waals surface area contributed by atoms with E-state index in [-0.39, 0.29) is 6.42 Å². The molecule has 7 nitrogen and oxygen atoms in total. The maximum atomic E-state index is 14.4. The zero-order valence-corrected chi connectivity index (χ0v) is 18.4. The Morgan fingerprint density at radius 3 is 2.58 bits per heavy atom. The smallest absolute Gasteiger partial charge is 0.245 e. The number of aryl methyl sites for hydroxylation is 1. The summed E-state index contributed by atoms with van der Waals surface area (Å²) < 4.78 is 30.4. The lowest BCUT2D eigenvalue weighted by molar-refractivity contribution is -0.0232. The molecule has 4 aromatic rings. The first-order valence-corrected chi connectivity index (χ1v) is 10.9. The molecule has 1 N–H and O–H groups in total. The standard InChI is InChI=1S/C24H25F2N7/c1-3-5-9-21-27-23(24(25,26)14-4-2)30-33(21)16-17-10-12-18(13-11-17)19-7-6-8-20(15-19)22-28-31-32-29-22/h3,6-8,10-13,15H,1,4-5,9,14,16H2,2H3,(H,28,29,31,32). The summed E-state index contributed by atoms with van der Waals surface area (Å²) in [7, 11) is 0. The van der Waals surface area contributed by atoms with Crippen LogP contribution >= 0.6 is 0 Å². The third-order valence-corrected chi connectivity index (χ3v) is 5.31. The molecule has 0 atom stereocenters. The van der Waals surface area contributed by atoms with Gasteiger partial charge in [-0.05, 0) is 46.0 Å².